The number of anilines is 1. The van der Waals surface area contributed by atoms with Gasteiger partial charge in [-0.05, 0) is 24.3 Å². The van der Waals surface area contributed by atoms with Gasteiger partial charge in [-0.3, -0.25) is 9.59 Å². The number of hydrogen-bond acceptors (Lipinski definition) is 4. The SMILES string of the molecule is O=C1c2ccccc2C(=O)N1c1ccc2c(C(F)(F)F)cc(=O)oc2c1. The summed E-state index contributed by atoms with van der Waals surface area (Å²) in [6.45, 7) is 0. The zero-order chi connectivity index (χ0) is 18.6. The third-order valence-electron chi connectivity index (χ3n) is 4.09. The average Bonchev–Trinajstić information content (AvgIpc) is 2.84. The molecule has 0 bridgehead atoms. The number of hydrogen-bond donors (Lipinski definition) is 0. The molecule has 2 aromatic carbocycles. The fourth-order valence-corrected chi connectivity index (χ4v) is 2.95. The van der Waals surface area contributed by atoms with Crippen LogP contribution >= 0.6 is 0 Å². The van der Waals surface area contributed by atoms with E-state index in [1.54, 1.807) is 12.1 Å². The maximum Gasteiger partial charge on any atom is 0.417 e. The van der Waals surface area contributed by atoms with Gasteiger partial charge in [-0.2, -0.15) is 13.2 Å². The van der Waals surface area contributed by atoms with Crippen molar-refractivity contribution < 1.29 is 27.2 Å². The van der Waals surface area contributed by atoms with Gasteiger partial charge in [0, 0.05) is 17.5 Å². The fraction of sp³-hybridized carbons (Fsp3) is 0.0556. The lowest BCUT2D eigenvalue weighted by Gasteiger charge is -2.15. The molecule has 5 nitrogen and oxygen atoms in total. The summed E-state index contributed by atoms with van der Waals surface area (Å²) in [5, 5.41) is -0.336. The second-order valence-electron chi connectivity index (χ2n) is 5.65. The molecule has 2 amide bonds. The summed E-state index contributed by atoms with van der Waals surface area (Å²) in [4.78, 5) is 37.3. The Morgan fingerprint density at radius 2 is 1.46 bits per heavy atom. The van der Waals surface area contributed by atoms with E-state index in [0.717, 1.165) is 17.0 Å². The second-order valence-corrected chi connectivity index (χ2v) is 5.65. The van der Waals surface area contributed by atoms with Gasteiger partial charge in [-0.1, -0.05) is 12.1 Å². The maximum absolute atomic E-state index is 13.1. The molecule has 0 aliphatic carbocycles. The Balaban J connectivity index is 1.89. The van der Waals surface area contributed by atoms with Crippen LogP contribution in [0.2, 0.25) is 0 Å². The predicted molar refractivity (Wildman–Crippen MR) is 85.1 cm³/mol. The quantitative estimate of drug-likeness (QED) is 0.492. The van der Waals surface area contributed by atoms with E-state index in [2.05, 4.69) is 0 Å². The molecule has 0 saturated heterocycles. The minimum Gasteiger partial charge on any atom is -0.423 e. The molecule has 0 fully saturated rings. The molecule has 0 saturated carbocycles. The van der Waals surface area contributed by atoms with Crippen molar-refractivity contribution in [2.45, 2.75) is 6.18 Å². The molecule has 3 aromatic rings. The van der Waals surface area contributed by atoms with Crippen molar-refractivity contribution in [3.05, 3.63) is 75.6 Å². The van der Waals surface area contributed by atoms with Crippen LogP contribution in [0.3, 0.4) is 0 Å². The van der Waals surface area contributed by atoms with Gasteiger partial charge in [-0.15, -0.1) is 0 Å². The first kappa shape index (κ1) is 16.1. The summed E-state index contributed by atoms with van der Waals surface area (Å²) in [6.07, 6.45) is -4.74. The van der Waals surface area contributed by atoms with Gasteiger partial charge >= 0.3 is 11.8 Å². The van der Waals surface area contributed by atoms with Crippen LogP contribution in [0.15, 0.2) is 57.7 Å². The Labute approximate surface area is 143 Å². The van der Waals surface area contributed by atoms with Gasteiger partial charge in [0.05, 0.1) is 22.4 Å². The first-order valence-corrected chi connectivity index (χ1v) is 7.40. The van der Waals surface area contributed by atoms with E-state index in [-0.39, 0.29) is 27.8 Å². The summed E-state index contributed by atoms with van der Waals surface area (Å²) in [6, 6.07) is 9.89. The van der Waals surface area contributed by atoms with Crippen LogP contribution < -0.4 is 10.5 Å². The maximum atomic E-state index is 13.1. The molecule has 0 unspecified atom stereocenters. The highest BCUT2D eigenvalue weighted by atomic mass is 19.4. The van der Waals surface area contributed by atoms with Crippen molar-refractivity contribution >= 4 is 28.5 Å². The highest BCUT2D eigenvalue weighted by Gasteiger charge is 2.37. The molecule has 2 heterocycles. The zero-order valence-electron chi connectivity index (χ0n) is 12.8. The predicted octanol–water partition coefficient (Wildman–Crippen LogP) is 3.61. The van der Waals surface area contributed by atoms with Crippen LogP contribution in [0.25, 0.3) is 11.0 Å². The first-order chi connectivity index (χ1) is 12.3. The average molecular weight is 359 g/mol. The highest BCUT2D eigenvalue weighted by molar-refractivity contribution is 6.34. The molecular formula is C18H8F3NO4. The normalized spacial score (nSPS) is 14.2. The lowest BCUT2D eigenvalue weighted by Crippen LogP contribution is -2.29. The van der Waals surface area contributed by atoms with Crippen molar-refractivity contribution in [1.29, 1.82) is 0 Å². The number of halogens is 3. The molecule has 130 valence electrons. The number of carbonyl (C=O) groups excluding carboxylic acids is 2. The lowest BCUT2D eigenvalue weighted by atomic mass is 10.1. The summed E-state index contributed by atoms with van der Waals surface area (Å²) in [7, 11) is 0. The first-order valence-electron chi connectivity index (χ1n) is 7.40. The molecule has 4 rings (SSSR count). The number of fused-ring (bicyclic) bond motifs is 2. The number of carbonyl (C=O) groups is 2. The number of alkyl halides is 3. The summed E-state index contributed by atoms with van der Waals surface area (Å²) in [5.41, 5.74) is -2.27. The van der Waals surface area contributed by atoms with Gasteiger partial charge in [0.15, 0.2) is 0 Å². The van der Waals surface area contributed by atoms with Crippen LogP contribution in [0.5, 0.6) is 0 Å². The van der Waals surface area contributed by atoms with E-state index in [4.69, 9.17) is 4.42 Å². The lowest BCUT2D eigenvalue weighted by molar-refractivity contribution is -0.136. The van der Waals surface area contributed by atoms with Crippen molar-refractivity contribution in [2.75, 3.05) is 4.90 Å². The van der Waals surface area contributed by atoms with E-state index < -0.39 is 29.2 Å². The molecule has 0 atom stereocenters. The summed E-state index contributed by atoms with van der Waals surface area (Å²) >= 11 is 0. The molecular weight excluding hydrogens is 351 g/mol. The van der Waals surface area contributed by atoms with E-state index in [9.17, 15) is 27.6 Å². The van der Waals surface area contributed by atoms with E-state index >= 15 is 0 Å². The van der Waals surface area contributed by atoms with Crippen LogP contribution in [0.4, 0.5) is 18.9 Å². The number of benzene rings is 2. The Morgan fingerprint density at radius 3 is 2.04 bits per heavy atom. The fourth-order valence-electron chi connectivity index (χ4n) is 2.95. The minimum atomic E-state index is -4.74. The standard InChI is InChI=1S/C18H8F3NO4/c19-18(20,21)13-8-15(23)26-14-7-9(5-6-12(13)14)22-16(24)10-3-1-2-4-11(10)17(22)25/h1-8H. The van der Waals surface area contributed by atoms with Gasteiger partial charge in [0.1, 0.15) is 5.58 Å². The third-order valence-corrected chi connectivity index (χ3v) is 4.09. The molecule has 1 aromatic heterocycles. The van der Waals surface area contributed by atoms with Crippen LogP contribution in [-0.2, 0) is 6.18 Å². The third kappa shape index (κ3) is 2.30. The zero-order valence-corrected chi connectivity index (χ0v) is 12.8. The van der Waals surface area contributed by atoms with Crippen molar-refractivity contribution in [1.82, 2.24) is 0 Å². The molecule has 1 aliphatic heterocycles. The molecule has 8 heteroatoms. The molecule has 1 aliphatic rings. The largest absolute Gasteiger partial charge is 0.423 e. The van der Waals surface area contributed by atoms with E-state index in [0.29, 0.717) is 6.07 Å². The van der Waals surface area contributed by atoms with Crippen molar-refractivity contribution in [2.24, 2.45) is 0 Å². The molecule has 0 spiro atoms. The smallest absolute Gasteiger partial charge is 0.417 e. The van der Waals surface area contributed by atoms with Gasteiger partial charge in [-0.25, -0.2) is 9.69 Å². The summed E-state index contributed by atoms with van der Waals surface area (Å²) in [5.74, 6) is -1.20. The van der Waals surface area contributed by atoms with Gasteiger partial charge in [0.25, 0.3) is 11.8 Å². The molecule has 0 radical (unpaired) electrons. The van der Waals surface area contributed by atoms with Gasteiger partial charge < -0.3 is 4.42 Å². The topological polar surface area (TPSA) is 67.6 Å². The van der Waals surface area contributed by atoms with E-state index in [1.165, 1.54) is 18.2 Å². The van der Waals surface area contributed by atoms with E-state index in [1.807, 2.05) is 0 Å². The second kappa shape index (κ2) is 5.29. The minimum absolute atomic E-state index is 0.0196. The Morgan fingerprint density at radius 1 is 0.846 bits per heavy atom. The van der Waals surface area contributed by atoms with Crippen LogP contribution in [-0.4, -0.2) is 11.8 Å². The highest BCUT2D eigenvalue weighted by Crippen LogP contribution is 2.36. The Bertz CT molecular complexity index is 1110. The number of nitrogens with zero attached hydrogens (tertiary/aromatic N) is 1. The Hall–Kier alpha value is -3.42. The molecule has 26 heavy (non-hydrogen) atoms. The van der Waals surface area contributed by atoms with Crippen molar-refractivity contribution in [3.63, 3.8) is 0 Å². The Kier molecular flexibility index (Phi) is 3.27. The number of amides is 2. The number of rotatable bonds is 1. The van der Waals surface area contributed by atoms with Crippen LogP contribution in [0, 0.1) is 0 Å². The van der Waals surface area contributed by atoms with Gasteiger partial charge in [0.2, 0.25) is 0 Å². The van der Waals surface area contributed by atoms with Crippen molar-refractivity contribution in [3.8, 4) is 0 Å². The molecule has 0 N–H and O–H groups in total. The number of imide groups is 1. The monoisotopic (exact) mass is 359 g/mol. The summed E-state index contributed by atoms with van der Waals surface area (Å²) < 4.78 is 44.2. The van der Waals surface area contributed by atoms with Crippen LogP contribution in [0.1, 0.15) is 26.3 Å².